The van der Waals surface area contributed by atoms with Crippen LogP contribution in [0, 0.1) is 40.9 Å². The SMILES string of the molecule is CC(C)CC(C)(C(=O)OC1C2CC3C1OC(=O)C3C2C(=O)OCC(F)(F)F)C(C)C. The van der Waals surface area contributed by atoms with Gasteiger partial charge in [0.05, 0.1) is 17.3 Å². The van der Waals surface area contributed by atoms with E-state index in [2.05, 4.69) is 4.74 Å². The zero-order chi connectivity index (χ0) is 22.6. The summed E-state index contributed by atoms with van der Waals surface area (Å²) in [4.78, 5) is 37.9. The molecule has 2 bridgehead atoms. The fourth-order valence-electron chi connectivity index (χ4n) is 5.38. The first kappa shape index (κ1) is 22.9. The second kappa shape index (κ2) is 7.71. The lowest BCUT2D eigenvalue weighted by Crippen LogP contribution is -2.47. The normalized spacial score (nSPS) is 34.3. The van der Waals surface area contributed by atoms with Gasteiger partial charge in [0.15, 0.2) is 6.61 Å². The Balaban J connectivity index is 1.79. The molecule has 170 valence electrons. The zero-order valence-corrected chi connectivity index (χ0v) is 17.8. The van der Waals surface area contributed by atoms with E-state index in [1.165, 1.54) is 0 Å². The zero-order valence-electron chi connectivity index (χ0n) is 17.8. The molecular weight excluding hydrogens is 405 g/mol. The van der Waals surface area contributed by atoms with E-state index in [9.17, 15) is 27.6 Å². The highest BCUT2D eigenvalue weighted by Crippen LogP contribution is 2.59. The maximum absolute atomic E-state index is 13.1. The topological polar surface area (TPSA) is 78.9 Å². The van der Waals surface area contributed by atoms with Gasteiger partial charge in [-0.3, -0.25) is 14.4 Å². The van der Waals surface area contributed by atoms with E-state index in [-0.39, 0.29) is 17.8 Å². The van der Waals surface area contributed by atoms with Crippen LogP contribution in [0.2, 0.25) is 0 Å². The van der Waals surface area contributed by atoms with Crippen LogP contribution in [-0.4, -0.2) is 42.9 Å². The molecule has 2 aliphatic carbocycles. The Labute approximate surface area is 173 Å². The standard InChI is InChI=1S/C21H29F3O6/c1-9(2)7-20(5,10(3)4)19(27)30-16-11-6-12-14(18(26)29-15(12)16)13(11)17(25)28-8-21(22,23)24/h9-16H,6-8H2,1-5H3. The highest BCUT2D eigenvalue weighted by atomic mass is 19.4. The quantitative estimate of drug-likeness (QED) is 0.451. The largest absolute Gasteiger partial charge is 0.458 e. The Bertz CT molecular complexity index is 718. The van der Waals surface area contributed by atoms with Crippen molar-refractivity contribution < 1.29 is 41.8 Å². The van der Waals surface area contributed by atoms with Crippen LogP contribution in [0.3, 0.4) is 0 Å². The Hall–Kier alpha value is -1.80. The van der Waals surface area contributed by atoms with Crippen LogP contribution in [0.15, 0.2) is 0 Å². The second-order valence-corrected chi connectivity index (χ2v) is 9.78. The van der Waals surface area contributed by atoms with Gasteiger partial charge in [-0.2, -0.15) is 13.2 Å². The van der Waals surface area contributed by atoms with Crippen LogP contribution in [0.5, 0.6) is 0 Å². The third kappa shape index (κ3) is 3.91. The molecule has 0 aromatic carbocycles. The highest BCUT2D eigenvalue weighted by Gasteiger charge is 2.70. The molecule has 0 aromatic rings. The van der Waals surface area contributed by atoms with Crippen LogP contribution in [0.1, 0.15) is 47.5 Å². The number of rotatable bonds is 7. The fourth-order valence-corrected chi connectivity index (χ4v) is 5.38. The molecule has 7 atom stereocenters. The van der Waals surface area contributed by atoms with E-state index in [0.717, 1.165) is 0 Å². The molecule has 0 radical (unpaired) electrons. The average molecular weight is 434 g/mol. The molecule has 1 heterocycles. The third-order valence-corrected chi connectivity index (χ3v) is 7.01. The summed E-state index contributed by atoms with van der Waals surface area (Å²) in [5.41, 5.74) is -0.774. The van der Waals surface area contributed by atoms with E-state index in [0.29, 0.717) is 12.8 Å². The maximum atomic E-state index is 13.1. The van der Waals surface area contributed by atoms with Gasteiger partial charge < -0.3 is 14.2 Å². The van der Waals surface area contributed by atoms with Gasteiger partial charge in [-0.25, -0.2) is 0 Å². The minimum Gasteiger partial charge on any atom is -0.458 e. The molecule has 2 saturated carbocycles. The van der Waals surface area contributed by atoms with Crippen LogP contribution in [0.25, 0.3) is 0 Å². The van der Waals surface area contributed by atoms with Gasteiger partial charge in [-0.15, -0.1) is 0 Å². The van der Waals surface area contributed by atoms with Crippen molar-refractivity contribution in [1.29, 1.82) is 0 Å². The number of carbonyl (C=O) groups is 3. The molecule has 3 aliphatic rings. The molecule has 0 aromatic heterocycles. The van der Waals surface area contributed by atoms with E-state index in [4.69, 9.17) is 9.47 Å². The number of halogens is 3. The predicted molar refractivity (Wildman–Crippen MR) is 97.8 cm³/mol. The molecule has 1 aliphatic heterocycles. The molecule has 30 heavy (non-hydrogen) atoms. The average Bonchev–Trinajstić information content (AvgIpc) is 3.21. The summed E-state index contributed by atoms with van der Waals surface area (Å²) in [6.45, 7) is 7.96. The molecule has 6 nitrogen and oxygen atoms in total. The first-order valence-corrected chi connectivity index (χ1v) is 10.4. The molecule has 3 fully saturated rings. The van der Waals surface area contributed by atoms with Crippen molar-refractivity contribution in [1.82, 2.24) is 0 Å². The third-order valence-electron chi connectivity index (χ3n) is 7.01. The van der Waals surface area contributed by atoms with Gasteiger partial charge in [0.2, 0.25) is 0 Å². The minimum absolute atomic E-state index is 0.0163. The van der Waals surface area contributed by atoms with E-state index >= 15 is 0 Å². The summed E-state index contributed by atoms with van der Waals surface area (Å²) in [5.74, 6) is -4.78. The summed E-state index contributed by atoms with van der Waals surface area (Å²) in [6.07, 6.45) is -5.19. The first-order chi connectivity index (χ1) is 13.8. The van der Waals surface area contributed by atoms with Crippen molar-refractivity contribution in [3.8, 4) is 0 Å². The van der Waals surface area contributed by atoms with Crippen molar-refractivity contribution >= 4 is 17.9 Å². The molecule has 1 saturated heterocycles. The van der Waals surface area contributed by atoms with Crippen LogP contribution < -0.4 is 0 Å². The van der Waals surface area contributed by atoms with Crippen molar-refractivity contribution in [2.24, 2.45) is 40.9 Å². The molecule has 3 rings (SSSR count). The number of esters is 3. The summed E-state index contributed by atoms with van der Waals surface area (Å²) in [6, 6.07) is 0. The number of carbonyl (C=O) groups excluding carboxylic acids is 3. The van der Waals surface area contributed by atoms with Crippen molar-refractivity contribution in [3.05, 3.63) is 0 Å². The van der Waals surface area contributed by atoms with Crippen LogP contribution in [0.4, 0.5) is 13.2 Å². The van der Waals surface area contributed by atoms with Crippen molar-refractivity contribution in [2.45, 2.75) is 65.8 Å². The Morgan fingerprint density at radius 3 is 2.33 bits per heavy atom. The van der Waals surface area contributed by atoms with Crippen LogP contribution in [-0.2, 0) is 28.6 Å². The van der Waals surface area contributed by atoms with Gasteiger partial charge >= 0.3 is 24.1 Å². The monoisotopic (exact) mass is 434 g/mol. The fraction of sp³-hybridized carbons (Fsp3) is 0.857. The predicted octanol–water partition coefficient (Wildman–Crippen LogP) is 3.52. The van der Waals surface area contributed by atoms with Crippen LogP contribution >= 0.6 is 0 Å². The number of hydrogen-bond acceptors (Lipinski definition) is 6. The van der Waals surface area contributed by atoms with Gasteiger partial charge in [0.1, 0.15) is 12.2 Å². The smallest absolute Gasteiger partial charge is 0.422 e. The summed E-state index contributed by atoms with van der Waals surface area (Å²) < 4.78 is 53.1. The second-order valence-electron chi connectivity index (χ2n) is 9.78. The van der Waals surface area contributed by atoms with Gasteiger partial charge in [0, 0.05) is 11.8 Å². The van der Waals surface area contributed by atoms with Gasteiger partial charge in [0.25, 0.3) is 0 Å². The minimum atomic E-state index is -4.66. The Morgan fingerprint density at radius 1 is 1.17 bits per heavy atom. The molecular formula is C21H29F3O6. The number of alkyl halides is 3. The lowest BCUT2D eigenvalue weighted by atomic mass is 9.73. The number of ether oxygens (including phenoxy) is 3. The maximum Gasteiger partial charge on any atom is 0.422 e. The number of fused-ring (bicyclic) bond motifs is 1. The highest BCUT2D eigenvalue weighted by molar-refractivity contribution is 5.86. The van der Waals surface area contributed by atoms with Crippen molar-refractivity contribution in [2.75, 3.05) is 6.61 Å². The summed E-state index contributed by atoms with van der Waals surface area (Å²) in [7, 11) is 0. The van der Waals surface area contributed by atoms with E-state index < -0.39 is 66.1 Å². The van der Waals surface area contributed by atoms with Crippen molar-refractivity contribution in [3.63, 3.8) is 0 Å². The summed E-state index contributed by atoms with van der Waals surface area (Å²) in [5, 5.41) is 0. The lowest BCUT2D eigenvalue weighted by Gasteiger charge is -2.37. The molecule has 0 amide bonds. The van der Waals surface area contributed by atoms with Gasteiger partial charge in [-0.1, -0.05) is 27.7 Å². The lowest BCUT2D eigenvalue weighted by molar-refractivity contribution is -0.194. The Morgan fingerprint density at radius 2 is 1.80 bits per heavy atom. The first-order valence-electron chi connectivity index (χ1n) is 10.4. The van der Waals surface area contributed by atoms with Gasteiger partial charge in [-0.05, 0) is 31.6 Å². The summed E-state index contributed by atoms with van der Waals surface area (Å²) >= 11 is 0. The van der Waals surface area contributed by atoms with E-state index in [1.54, 1.807) is 0 Å². The van der Waals surface area contributed by atoms with E-state index in [1.807, 2.05) is 34.6 Å². The molecule has 9 heteroatoms. The molecule has 0 N–H and O–H groups in total. The Kier molecular flexibility index (Phi) is 5.88. The molecule has 7 unspecified atom stereocenters. The number of hydrogen-bond donors (Lipinski definition) is 0. The molecule has 0 spiro atoms.